The highest BCUT2D eigenvalue weighted by molar-refractivity contribution is 6.16. The summed E-state index contributed by atoms with van der Waals surface area (Å²) < 4.78 is 2.63. The van der Waals surface area contributed by atoms with Crippen molar-refractivity contribution < 1.29 is 0 Å². The van der Waals surface area contributed by atoms with Crippen LogP contribution in [0.1, 0.15) is 49.9 Å². The fourth-order valence-electron chi connectivity index (χ4n) is 11.3. The van der Waals surface area contributed by atoms with Crippen molar-refractivity contribution in [2.45, 2.75) is 38.5 Å². The molecule has 0 N–H and O–H groups in total. The number of nitrogens with zero attached hydrogens (tertiary/aromatic N) is 3. The van der Waals surface area contributed by atoms with Crippen molar-refractivity contribution in [1.82, 2.24) is 4.57 Å². The van der Waals surface area contributed by atoms with Crippen molar-refractivity contribution >= 4 is 77.5 Å². The van der Waals surface area contributed by atoms with Crippen molar-refractivity contribution in [3.63, 3.8) is 0 Å². The van der Waals surface area contributed by atoms with Crippen LogP contribution in [-0.2, 0) is 10.8 Å². The van der Waals surface area contributed by atoms with E-state index < -0.39 is 0 Å². The molecule has 65 heavy (non-hydrogen) atoms. The van der Waals surface area contributed by atoms with Gasteiger partial charge in [0.1, 0.15) is 0 Å². The molecule has 3 heteroatoms. The monoisotopic (exact) mass is 833 g/mol. The second-order valence-corrected chi connectivity index (χ2v) is 19.0. The van der Waals surface area contributed by atoms with Gasteiger partial charge >= 0.3 is 0 Å². The Hall–Kier alpha value is -7.88. The van der Waals surface area contributed by atoms with E-state index in [0.29, 0.717) is 0 Å². The van der Waals surface area contributed by atoms with Crippen molar-refractivity contribution in [1.29, 1.82) is 0 Å². The van der Waals surface area contributed by atoms with E-state index in [9.17, 15) is 0 Å². The number of rotatable bonds is 7. The molecule has 0 saturated carbocycles. The normalized spacial score (nSPS) is 14.1. The van der Waals surface area contributed by atoms with Crippen LogP contribution in [0.15, 0.2) is 212 Å². The maximum Gasteiger partial charge on any atom is 0.0583 e. The molecule has 0 aliphatic carbocycles. The highest BCUT2D eigenvalue weighted by Crippen LogP contribution is 2.57. The number of anilines is 6. The van der Waals surface area contributed by atoms with Crippen molar-refractivity contribution in [3.05, 3.63) is 235 Å². The zero-order valence-electron chi connectivity index (χ0n) is 37.0. The minimum atomic E-state index is -0.239. The van der Waals surface area contributed by atoms with Gasteiger partial charge in [0.15, 0.2) is 0 Å². The first-order valence-electron chi connectivity index (χ1n) is 22.8. The van der Waals surface area contributed by atoms with Crippen LogP contribution >= 0.6 is 0 Å². The molecular formula is C62H47N3. The first kappa shape index (κ1) is 37.7. The predicted molar refractivity (Wildman–Crippen MR) is 275 cm³/mol. The number of hydrogen-bond acceptors (Lipinski definition) is 2. The molecule has 0 unspecified atom stereocenters. The van der Waals surface area contributed by atoms with Gasteiger partial charge in [0.25, 0.3) is 0 Å². The summed E-state index contributed by atoms with van der Waals surface area (Å²) in [6.45, 7) is 9.70. The number of aromatic nitrogens is 1. The van der Waals surface area contributed by atoms with E-state index >= 15 is 0 Å². The summed E-state index contributed by atoms with van der Waals surface area (Å²) in [6.07, 6.45) is 0. The van der Waals surface area contributed by atoms with E-state index in [1.165, 1.54) is 82.4 Å². The summed E-state index contributed by atoms with van der Waals surface area (Å²) in [5.74, 6) is 0. The Morgan fingerprint density at radius 3 is 1.31 bits per heavy atom. The van der Waals surface area contributed by atoms with Crippen LogP contribution < -0.4 is 9.80 Å². The molecule has 0 atom stereocenters. The lowest BCUT2D eigenvalue weighted by Crippen LogP contribution is -2.33. The predicted octanol–water partition coefficient (Wildman–Crippen LogP) is 17.0. The molecule has 0 spiro atoms. The maximum absolute atomic E-state index is 2.63. The Balaban J connectivity index is 1.03. The number of para-hydroxylation sites is 3. The number of fused-ring (bicyclic) bond motifs is 3. The lowest BCUT2D eigenvalue weighted by molar-refractivity contribution is 0.594. The first-order valence-corrected chi connectivity index (χ1v) is 22.8. The van der Waals surface area contributed by atoms with Gasteiger partial charge in [-0.25, -0.2) is 0 Å². The second-order valence-electron chi connectivity index (χ2n) is 19.0. The standard InChI is InChI=1S/C62H47N3/c1-61(2)54-24-15-25-55-60(54)65-58-52(53-38-51(39-57(59(53)65)62(55,3)4)63(46-20-7-5-8-21-46)47-22-9-6-10-23-47)36-45(37-56(58)61)42-26-30-48(31-27-42)64(49-32-28-40-16-11-13-18-43(40)34-49)50-33-29-41-17-12-14-19-44(41)35-50/h5-39H,1-4H3. The molecule has 0 bridgehead atoms. The lowest BCUT2D eigenvalue weighted by Gasteiger charge is -2.42. The minimum absolute atomic E-state index is 0.233. The van der Waals surface area contributed by atoms with Crippen LogP contribution in [0.4, 0.5) is 34.1 Å². The fraction of sp³-hybridized carbons (Fsp3) is 0.0968. The molecular weight excluding hydrogens is 787 g/mol. The van der Waals surface area contributed by atoms with E-state index in [4.69, 9.17) is 0 Å². The highest BCUT2D eigenvalue weighted by atomic mass is 15.1. The smallest absolute Gasteiger partial charge is 0.0583 e. The summed E-state index contributed by atoms with van der Waals surface area (Å²) in [4.78, 5) is 4.82. The van der Waals surface area contributed by atoms with E-state index in [0.717, 1.165) is 34.1 Å². The molecule has 0 fully saturated rings. The fourth-order valence-corrected chi connectivity index (χ4v) is 11.3. The van der Waals surface area contributed by atoms with Crippen molar-refractivity contribution in [3.8, 4) is 16.8 Å². The molecule has 11 aromatic rings. The summed E-state index contributed by atoms with van der Waals surface area (Å²) >= 11 is 0. The third kappa shape index (κ3) is 5.55. The van der Waals surface area contributed by atoms with Crippen LogP contribution in [0.3, 0.4) is 0 Å². The largest absolute Gasteiger partial charge is 0.310 e. The van der Waals surface area contributed by atoms with E-state index in [2.05, 4.69) is 254 Å². The van der Waals surface area contributed by atoms with Crippen LogP contribution in [0.2, 0.25) is 0 Å². The molecule has 13 rings (SSSR count). The average Bonchev–Trinajstić information content (AvgIpc) is 3.67. The third-order valence-electron chi connectivity index (χ3n) is 14.6. The Bertz CT molecular complexity index is 3590. The molecule has 3 heterocycles. The van der Waals surface area contributed by atoms with Crippen molar-refractivity contribution in [2.24, 2.45) is 0 Å². The quantitative estimate of drug-likeness (QED) is 0.158. The summed E-state index contributed by atoms with van der Waals surface area (Å²) in [6, 6.07) is 78.6. The van der Waals surface area contributed by atoms with Gasteiger partial charge in [0, 0.05) is 55.7 Å². The molecule has 0 saturated heterocycles. The van der Waals surface area contributed by atoms with Crippen LogP contribution in [-0.4, -0.2) is 4.57 Å². The number of hydrogen-bond donors (Lipinski definition) is 0. The zero-order valence-corrected chi connectivity index (χ0v) is 37.0. The Morgan fingerprint density at radius 1 is 0.308 bits per heavy atom. The van der Waals surface area contributed by atoms with Gasteiger partial charge in [-0.15, -0.1) is 0 Å². The highest BCUT2D eigenvalue weighted by Gasteiger charge is 2.44. The van der Waals surface area contributed by atoms with Gasteiger partial charge in [-0.1, -0.05) is 155 Å². The summed E-state index contributed by atoms with van der Waals surface area (Å²) in [5, 5.41) is 7.49. The van der Waals surface area contributed by atoms with Gasteiger partial charge in [0.2, 0.25) is 0 Å². The molecule has 0 radical (unpaired) electrons. The summed E-state index contributed by atoms with van der Waals surface area (Å²) in [5.41, 5.74) is 18.2. The van der Waals surface area contributed by atoms with Crippen LogP contribution in [0.5, 0.6) is 0 Å². The topological polar surface area (TPSA) is 11.4 Å². The molecule has 2 aliphatic heterocycles. The summed E-state index contributed by atoms with van der Waals surface area (Å²) in [7, 11) is 0. The Labute approximate surface area is 380 Å². The maximum atomic E-state index is 2.63. The lowest BCUT2D eigenvalue weighted by atomic mass is 9.68. The van der Waals surface area contributed by atoms with Gasteiger partial charge < -0.3 is 14.4 Å². The molecule has 0 amide bonds. The van der Waals surface area contributed by atoms with Crippen molar-refractivity contribution in [2.75, 3.05) is 9.80 Å². The van der Waals surface area contributed by atoms with Gasteiger partial charge in [-0.3, -0.25) is 0 Å². The first-order chi connectivity index (χ1) is 31.7. The minimum Gasteiger partial charge on any atom is -0.310 e. The van der Waals surface area contributed by atoms with Gasteiger partial charge in [0.05, 0.1) is 16.7 Å². The SMILES string of the molecule is CC1(C)c2cccc3c2-n2c4c1cc(-c1ccc(N(c5ccc6ccccc6c5)c5ccc6ccccc6c5)cc1)cc4c1cc(N(c4ccccc4)c4ccccc4)cc(c12)C3(C)C. The van der Waals surface area contributed by atoms with Gasteiger partial charge in [-0.2, -0.15) is 0 Å². The molecule has 10 aromatic carbocycles. The Morgan fingerprint density at radius 2 is 0.754 bits per heavy atom. The van der Waals surface area contributed by atoms with E-state index in [1.807, 2.05) is 0 Å². The van der Waals surface area contributed by atoms with Crippen LogP contribution in [0.25, 0.3) is 60.2 Å². The van der Waals surface area contributed by atoms with Crippen LogP contribution in [0, 0.1) is 0 Å². The Kier molecular flexibility index (Phi) is 8.00. The number of benzene rings is 10. The molecule has 3 nitrogen and oxygen atoms in total. The third-order valence-corrected chi connectivity index (χ3v) is 14.6. The molecule has 1 aromatic heterocycles. The zero-order chi connectivity index (χ0) is 43.6. The molecule has 310 valence electrons. The van der Waals surface area contributed by atoms with Gasteiger partial charge in [-0.05, 0) is 140 Å². The second kappa shape index (κ2) is 13.8. The van der Waals surface area contributed by atoms with E-state index in [1.54, 1.807) is 0 Å². The molecule has 2 aliphatic rings. The average molecular weight is 834 g/mol. The van der Waals surface area contributed by atoms with E-state index in [-0.39, 0.29) is 10.8 Å².